The highest BCUT2D eigenvalue weighted by atomic mass is 32.2. The number of nitrogens with zero attached hydrogens (tertiary/aromatic N) is 3. The van der Waals surface area contributed by atoms with Crippen molar-refractivity contribution in [2.45, 2.75) is 5.75 Å². The number of ether oxygens (including phenoxy) is 1. The van der Waals surface area contributed by atoms with Crippen LogP contribution in [0.5, 0.6) is 0 Å². The lowest BCUT2D eigenvalue weighted by atomic mass is 10.0. The van der Waals surface area contributed by atoms with E-state index in [9.17, 15) is 13.2 Å². The molecule has 0 aliphatic carbocycles. The van der Waals surface area contributed by atoms with E-state index in [-0.39, 0.29) is 22.3 Å². The molecule has 1 fully saturated rings. The molecule has 0 saturated carbocycles. The summed E-state index contributed by atoms with van der Waals surface area (Å²) >= 11 is 0. The molecule has 3 heterocycles. The molecule has 0 bridgehead atoms. The van der Waals surface area contributed by atoms with E-state index in [1.807, 2.05) is 30.3 Å². The third kappa shape index (κ3) is 3.24. The lowest BCUT2D eigenvalue weighted by Crippen LogP contribution is -2.41. The van der Waals surface area contributed by atoms with Crippen LogP contribution >= 0.6 is 0 Å². The second-order valence-electron chi connectivity index (χ2n) is 6.77. The second-order valence-corrected chi connectivity index (χ2v) is 8.73. The fourth-order valence-electron chi connectivity index (χ4n) is 3.69. The van der Waals surface area contributed by atoms with Gasteiger partial charge in [0.15, 0.2) is 15.5 Å². The summed E-state index contributed by atoms with van der Waals surface area (Å²) in [4.78, 5) is 15.0. The summed E-state index contributed by atoms with van der Waals surface area (Å²) in [7, 11) is -3.66. The molecule has 2 aliphatic rings. The van der Waals surface area contributed by atoms with Crippen molar-refractivity contribution in [3.05, 3.63) is 77.5 Å². The highest BCUT2D eigenvalue weighted by molar-refractivity contribution is 7.95. The van der Waals surface area contributed by atoms with Gasteiger partial charge in [0.05, 0.1) is 35.3 Å². The second kappa shape index (κ2) is 7.46. The normalized spacial score (nSPS) is 18.3. The quantitative estimate of drug-likeness (QED) is 0.772. The van der Waals surface area contributed by atoms with Gasteiger partial charge < -0.3 is 9.64 Å². The smallest absolute Gasteiger partial charge is 0.274 e. The maximum absolute atomic E-state index is 13.2. The molecule has 0 spiro atoms. The number of amides is 1. The Morgan fingerprint density at radius 1 is 1.10 bits per heavy atom. The number of para-hydroxylation sites is 1. The number of fused-ring (bicyclic) bond motifs is 1. The molecule has 1 saturated heterocycles. The minimum Gasteiger partial charge on any atom is -0.378 e. The molecule has 1 aromatic carbocycles. The maximum atomic E-state index is 13.2. The summed E-state index contributed by atoms with van der Waals surface area (Å²) in [5, 5.41) is 4.57. The van der Waals surface area contributed by atoms with Crippen LogP contribution in [0.15, 0.2) is 60.5 Å². The summed E-state index contributed by atoms with van der Waals surface area (Å²) in [5.41, 5.74) is 2.24. The maximum Gasteiger partial charge on any atom is 0.274 e. The van der Waals surface area contributed by atoms with E-state index in [1.54, 1.807) is 9.58 Å². The van der Waals surface area contributed by atoms with Gasteiger partial charge in [0, 0.05) is 24.2 Å². The minimum atomic E-state index is -3.66. The largest absolute Gasteiger partial charge is 0.378 e. The van der Waals surface area contributed by atoms with Crippen LogP contribution in [0.25, 0.3) is 11.3 Å². The van der Waals surface area contributed by atoms with E-state index in [1.165, 1.54) is 12.2 Å². The number of sulfone groups is 1. The predicted molar refractivity (Wildman–Crippen MR) is 110 cm³/mol. The van der Waals surface area contributed by atoms with Gasteiger partial charge in [0.25, 0.3) is 5.91 Å². The third-order valence-corrected chi connectivity index (χ3v) is 6.79. The molecule has 2 aromatic rings. The van der Waals surface area contributed by atoms with Crippen LogP contribution < -0.4 is 0 Å². The Kier molecular flexibility index (Phi) is 4.97. The third-order valence-electron chi connectivity index (χ3n) is 5.06. The summed E-state index contributed by atoms with van der Waals surface area (Å²) in [5.74, 6) is -0.598. The number of allylic oxidation sites excluding steroid dienone is 3. The van der Waals surface area contributed by atoms with Crippen molar-refractivity contribution in [1.29, 1.82) is 0 Å². The number of carbonyl (C=O) groups excluding carboxylic acids is 1. The SMILES string of the molecule is C=CC1=C(C=C)S(=O)(=O)Cc2c(C(=O)N3CCOCC3)nn(-c3ccccc3)c21. The molecule has 150 valence electrons. The topological polar surface area (TPSA) is 81.5 Å². The first kappa shape index (κ1) is 19.4. The van der Waals surface area contributed by atoms with Crippen molar-refractivity contribution in [2.24, 2.45) is 0 Å². The number of morpholine rings is 1. The van der Waals surface area contributed by atoms with E-state index < -0.39 is 9.84 Å². The van der Waals surface area contributed by atoms with Gasteiger partial charge in [0.1, 0.15) is 0 Å². The van der Waals surface area contributed by atoms with Crippen LogP contribution in [-0.4, -0.2) is 55.3 Å². The highest BCUT2D eigenvalue weighted by Crippen LogP contribution is 2.38. The van der Waals surface area contributed by atoms with Gasteiger partial charge in [-0.25, -0.2) is 13.1 Å². The van der Waals surface area contributed by atoms with Crippen molar-refractivity contribution >= 4 is 21.3 Å². The molecule has 2 aliphatic heterocycles. The average molecular weight is 411 g/mol. The molecular formula is C21H21N3O4S. The molecular weight excluding hydrogens is 390 g/mol. The number of rotatable bonds is 4. The van der Waals surface area contributed by atoms with E-state index in [2.05, 4.69) is 18.3 Å². The number of aromatic nitrogens is 2. The molecule has 0 radical (unpaired) electrons. The Morgan fingerprint density at radius 2 is 1.79 bits per heavy atom. The number of hydrogen-bond donors (Lipinski definition) is 0. The Morgan fingerprint density at radius 3 is 2.41 bits per heavy atom. The Balaban J connectivity index is 1.98. The predicted octanol–water partition coefficient (Wildman–Crippen LogP) is 2.36. The van der Waals surface area contributed by atoms with E-state index in [0.717, 1.165) is 5.69 Å². The van der Waals surface area contributed by atoms with Gasteiger partial charge in [-0.2, -0.15) is 5.10 Å². The zero-order chi connectivity index (χ0) is 20.6. The lowest BCUT2D eigenvalue weighted by Gasteiger charge is -2.26. The van der Waals surface area contributed by atoms with E-state index in [4.69, 9.17) is 4.74 Å². The first-order valence-electron chi connectivity index (χ1n) is 9.24. The van der Waals surface area contributed by atoms with Crippen LogP contribution in [0.2, 0.25) is 0 Å². The summed E-state index contributed by atoms with van der Waals surface area (Å²) < 4.78 is 32.7. The fourth-order valence-corrected chi connectivity index (χ4v) is 5.27. The molecule has 0 unspecified atom stereocenters. The number of hydrogen-bond acceptors (Lipinski definition) is 5. The van der Waals surface area contributed by atoms with Gasteiger partial charge in [-0.15, -0.1) is 0 Å². The monoisotopic (exact) mass is 411 g/mol. The Hall–Kier alpha value is -2.97. The van der Waals surface area contributed by atoms with Crippen molar-refractivity contribution in [3.8, 4) is 5.69 Å². The van der Waals surface area contributed by atoms with Crippen molar-refractivity contribution < 1.29 is 17.9 Å². The Labute approximate surface area is 169 Å². The van der Waals surface area contributed by atoms with Crippen LogP contribution in [0, 0.1) is 0 Å². The average Bonchev–Trinajstić information content (AvgIpc) is 3.11. The molecule has 7 nitrogen and oxygen atoms in total. The van der Waals surface area contributed by atoms with E-state index in [0.29, 0.717) is 43.1 Å². The van der Waals surface area contributed by atoms with Crippen LogP contribution in [0.4, 0.5) is 0 Å². The van der Waals surface area contributed by atoms with Crippen LogP contribution in [0.1, 0.15) is 21.7 Å². The number of benzene rings is 1. The fraction of sp³-hybridized carbons (Fsp3) is 0.238. The first-order valence-corrected chi connectivity index (χ1v) is 10.9. The summed E-state index contributed by atoms with van der Waals surface area (Å²) in [6.07, 6.45) is 2.80. The molecule has 1 aromatic heterocycles. The molecule has 8 heteroatoms. The zero-order valence-corrected chi connectivity index (χ0v) is 16.7. The van der Waals surface area contributed by atoms with Gasteiger partial charge in [0.2, 0.25) is 0 Å². The molecule has 0 N–H and O–H groups in total. The van der Waals surface area contributed by atoms with E-state index >= 15 is 0 Å². The van der Waals surface area contributed by atoms with Crippen molar-refractivity contribution in [3.63, 3.8) is 0 Å². The molecule has 1 amide bonds. The first-order chi connectivity index (χ1) is 14.0. The molecule has 0 atom stereocenters. The lowest BCUT2D eigenvalue weighted by molar-refractivity contribution is 0.0298. The molecule has 29 heavy (non-hydrogen) atoms. The van der Waals surface area contributed by atoms with Gasteiger partial charge in [-0.3, -0.25) is 4.79 Å². The molecule has 4 rings (SSSR count). The highest BCUT2D eigenvalue weighted by Gasteiger charge is 2.37. The number of carbonyl (C=O) groups is 1. The van der Waals surface area contributed by atoms with Crippen molar-refractivity contribution in [2.75, 3.05) is 26.3 Å². The summed E-state index contributed by atoms with van der Waals surface area (Å²) in [6, 6.07) is 9.31. The zero-order valence-electron chi connectivity index (χ0n) is 15.9. The standard InChI is InChI=1S/C21H21N3O4S/c1-3-16-18(4-2)29(26,27)14-17-19(21(25)23-10-12-28-13-11-23)22-24(20(16)17)15-8-6-5-7-9-15/h3-9H,1-2,10-14H2. The Bertz CT molecular complexity index is 1120. The summed E-state index contributed by atoms with van der Waals surface area (Å²) in [6.45, 7) is 9.25. The van der Waals surface area contributed by atoms with Crippen LogP contribution in [-0.2, 0) is 20.3 Å². The minimum absolute atomic E-state index is 0.0995. The van der Waals surface area contributed by atoms with Crippen LogP contribution in [0.3, 0.4) is 0 Å². The van der Waals surface area contributed by atoms with Gasteiger partial charge in [-0.05, 0) is 12.1 Å². The van der Waals surface area contributed by atoms with Gasteiger partial charge in [-0.1, -0.05) is 43.5 Å². The van der Waals surface area contributed by atoms with Gasteiger partial charge >= 0.3 is 0 Å². The van der Waals surface area contributed by atoms with Crippen molar-refractivity contribution in [1.82, 2.24) is 14.7 Å².